The maximum Gasteiger partial charge on any atom is 0.224 e. The molecule has 1 aromatic heterocycles. The van der Waals surface area contributed by atoms with Gasteiger partial charge in [-0.2, -0.15) is 4.98 Å². The van der Waals surface area contributed by atoms with E-state index in [4.69, 9.17) is 0 Å². The Morgan fingerprint density at radius 3 is 2.81 bits per heavy atom. The molecule has 0 aromatic carbocycles. The molecule has 4 heteroatoms. The summed E-state index contributed by atoms with van der Waals surface area (Å²) in [5, 5.41) is 6.50. The molecule has 1 heterocycles. The highest BCUT2D eigenvalue weighted by Crippen LogP contribution is 2.06. The highest BCUT2D eigenvalue weighted by Gasteiger charge is 1.99. The zero-order valence-electron chi connectivity index (χ0n) is 10.5. The summed E-state index contributed by atoms with van der Waals surface area (Å²) in [6.07, 6.45) is 4.11. The van der Waals surface area contributed by atoms with Crippen LogP contribution in [0.1, 0.15) is 33.6 Å². The van der Waals surface area contributed by atoms with Crippen LogP contribution in [0.4, 0.5) is 11.8 Å². The molecule has 0 fully saturated rings. The lowest BCUT2D eigenvalue weighted by atomic mass is 10.2. The Morgan fingerprint density at radius 1 is 1.31 bits per heavy atom. The Bertz CT molecular complexity index is 299. The molecule has 16 heavy (non-hydrogen) atoms. The zero-order chi connectivity index (χ0) is 11.8. The van der Waals surface area contributed by atoms with E-state index in [-0.39, 0.29) is 0 Å². The summed E-state index contributed by atoms with van der Waals surface area (Å²) in [6, 6.07) is 1.90. The van der Waals surface area contributed by atoms with Crippen molar-refractivity contribution in [1.82, 2.24) is 9.97 Å². The van der Waals surface area contributed by atoms with Crippen LogP contribution in [-0.4, -0.2) is 23.1 Å². The number of aromatic nitrogens is 2. The molecular formula is C12H22N4. The van der Waals surface area contributed by atoms with Gasteiger partial charge in [-0.05, 0) is 18.4 Å². The molecular weight excluding hydrogens is 200 g/mol. The van der Waals surface area contributed by atoms with E-state index in [1.165, 1.54) is 6.42 Å². The monoisotopic (exact) mass is 222 g/mol. The molecule has 90 valence electrons. The molecule has 0 spiro atoms. The number of rotatable bonds is 7. The van der Waals surface area contributed by atoms with Gasteiger partial charge in [-0.25, -0.2) is 4.98 Å². The van der Waals surface area contributed by atoms with Crippen molar-refractivity contribution in [2.75, 3.05) is 23.7 Å². The molecule has 0 radical (unpaired) electrons. The van der Waals surface area contributed by atoms with Gasteiger partial charge in [0, 0.05) is 19.3 Å². The molecule has 0 aliphatic heterocycles. The van der Waals surface area contributed by atoms with Gasteiger partial charge in [0.2, 0.25) is 5.95 Å². The van der Waals surface area contributed by atoms with Crippen molar-refractivity contribution in [3.63, 3.8) is 0 Å². The molecule has 0 saturated heterocycles. The van der Waals surface area contributed by atoms with E-state index in [1.807, 2.05) is 6.07 Å². The van der Waals surface area contributed by atoms with Crippen molar-refractivity contribution in [2.45, 2.75) is 33.6 Å². The first-order valence-corrected chi connectivity index (χ1v) is 6.03. The molecule has 1 rings (SSSR count). The number of anilines is 2. The first-order chi connectivity index (χ1) is 7.72. The summed E-state index contributed by atoms with van der Waals surface area (Å²) < 4.78 is 0. The summed E-state index contributed by atoms with van der Waals surface area (Å²) in [7, 11) is 0. The second-order valence-corrected chi connectivity index (χ2v) is 4.32. The number of hydrogen-bond donors (Lipinski definition) is 2. The van der Waals surface area contributed by atoms with Crippen LogP contribution in [0.15, 0.2) is 12.3 Å². The second-order valence-electron chi connectivity index (χ2n) is 4.32. The minimum Gasteiger partial charge on any atom is -0.370 e. The number of nitrogens with one attached hydrogen (secondary N) is 2. The minimum absolute atomic E-state index is 0.617. The Balaban J connectivity index is 2.43. The van der Waals surface area contributed by atoms with E-state index < -0.39 is 0 Å². The van der Waals surface area contributed by atoms with Gasteiger partial charge in [-0.1, -0.05) is 27.2 Å². The number of hydrogen-bond acceptors (Lipinski definition) is 4. The fourth-order valence-corrected chi connectivity index (χ4v) is 1.23. The van der Waals surface area contributed by atoms with E-state index in [0.717, 1.165) is 25.3 Å². The molecule has 0 amide bonds. The van der Waals surface area contributed by atoms with Crippen molar-refractivity contribution in [2.24, 2.45) is 5.92 Å². The highest BCUT2D eigenvalue weighted by atomic mass is 15.1. The van der Waals surface area contributed by atoms with Gasteiger partial charge >= 0.3 is 0 Å². The van der Waals surface area contributed by atoms with Crippen LogP contribution in [0.5, 0.6) is 0 Å². The average molecular weight is 222 g/mol. The van der Waals surface area contributed by atoms with Gasteiger partial charge in [-0.15, -0.1) is 0 Å². The molecule has 1 aromatic rings. The van der Waals surface area contributed by atoms with Crippen molar-refractivity contribution in [3.05, 3.63) is 12.3 Å². The van der Waals surface area contributed by atoms with Gasteiger partial charge in [0.25, 0.3) is 0 Å². The van der Waals surface area contributed by atoms with E-state index >= 15 is 0 Å². The van der Waals surface area contributed by atoms with Gasteiger partial charge < -0.3 is 10.6 Å². The van der Waals surface area contributed by atoms with Crippen molar-refractivity contribution < 1.29 is 0 Å². The third-order valence-electron chi connectivity index (χ3n) is 2.16. The Labute approximate surface area is 97.9 Å². The first-order valence-electron chi connectivity index (χ1n) is 6.03. The first kappa shape index (κ1) is 12.7. The fraction of sp³-hybridized carbons (Fsp3) is 0.667. The van der Waals surface area contributed by atoms with Crippen LogP contribution in [0.25, 0.3) is 0 Å². The van der Waals surface area contributed by atoms with Crippen LogP contribution in [-0.2, 0) is 0 Å². The Kier molecular flexibility index (Phi) is 5.61. The predicted molar refractivity (Wildman–Crippen MR) is 68.8 cm³/mol. The summed E-state index contributed by atoms with van der Waals surface area (Å²) in [6.45, 7) is 8.39. The normalized spacial score (nSPS) is 10.5. The SMILES string of the molecule is CCCCNc1nccc(NCC(C)C)n1. The van der Waals surface area contributed by atoms with E-state index in [0.29, 0.717) is 11.9 Å². The summed E-state index contributed by atoms with van der Waals surface area (Å²) in [4.78, 5) is 8.56. The van der Waals surface area contributed by atoms with Gasteiger partial charge in [0.1, 0.15) is 5.82 Å². The van der Waals surface area contributed by atoms with Crippen LogP contribution in [0, 0.1) is 5.92 Å². The molecule has 2 N–H and O–H groups in total. The van der Waals surface area contributed by atoms with Gasteiger partial charge in [0.15, 0.2) is 0 Å². The van der Waals surface area contributed by atoms with Crippen LogP contribution in [0.3, 0.4) is 0 Å². The average Bonchev–Trinajstić information content (AvgIpc) is 2.27. The fourth-order valence-electron chi connectivity index (χ4n) is 1.23. The highest BCUT2D eigenvalue weighted by molar-refractivity contribution is 5.39. The van der Waals surface area contributed by atoms with E-state index in [2.05, 4.69) is 41.4 Å². The minimum atomic E-state index is 0.617. The molecule has 4 nitrogen and oxygen atoms in total. The topological polar surface area (TPSA) is 49.8 Å². The van der Waals surface area contributed by atoms with Crippen LogP contribution < -0.4 is 10.6 Å². The van der Waals surface area contributed by atoms with Crippen molar-refractivity contribution >= 4 is 11.8 Å². The largest absolute Gasteiger partial charge is 0.370 e. The third-order valence-corrected chi connectivity index (χ3v) is 2.16. The van der Waals surface area contributed by atoms with Gasteiger partial charge in [-0.3, -0.25) is 0 Å². The molecule has 0 bridgehead atoms. The van der Waals surface area contributed by atoms with Crippen LogP contribution >= 0.6 is 0 Å². The second kappa shape index (κ2) is 7.04. The van der Waals surface area contributed by atoms with Crippen molar-refractivity contribution in [1.29, 1.82) is 0 Å². The maximum absolute atomic E-state index is 4.38. The molecule has 0 unspecified atom stereocenters. The number of nitrogens with zero attached hydrogens (tertiary/aromatic N) is 2. The summed E-state index contributed by atoms with van der Waals surface area (Å²) in [5.41, 5.74) is 0. The zero-order valence-corrected chi connectivity index (χ0v) is 10.5. The molecule has 0 atom stereocenters. The summed E-state index contributed by atoms with van der Waals surface area (Å²) in [5.74, 6) is 2.22. The Morgan fingerprint density at radius 2 is 2.12 bits per heavy atom. The molecule has 0 aliphatic rings. The van der Waals surface area contributed by atoms with E-state index in [9.17, 15) is 0 Å². The molecule has 0 aliphatic carbocycles. The van der Waals surface area contributed by atoms with E-state index in [1.54, 1.807) is 6.20 Å². The van der Waals surface area contributed by atoms with Crippen molar-refractivity contribution in [3.8, 4) is 0 Å². The predicted octanol–water partition coefficient (Wildman–Crippen LogP) is 2.76. The lowest BCUT2D eigenvalue weighted by Gasteiger charge is -2.09. The third kappa shape index (κ3) is 4.96. The Hall–Kier alpha value is -1.32. The quantitative estimate of drug-likeness (QED) is 0.696. The number of unbranched alkanes of at least 4 members (excludes halogenated alkanes) is 1. The standard InChI is InChI=1S/C12H22N4/c1-4-5-7-13-12-14-8-6-11(16-12)15-9-10(2)3/h6,8,10H,4-5,7,9H2,1-3H3,(H2,13,14,15,16). The lowest BCUT2D eigenvalue weighted by molar-refractivity contribution is 0.687. The van der Waals surface area contributed by atoms with Gasteiger partial charge in [0.05, 0.1) is 0 Å². The van der Waals surface area contributed by atoms with Crippen LogP contribution in [0.2, 0.25) is 0 Å². The lowest BCUT2D eigenvalue weighted by Crippen LogP contribution is -2.11. The maximum atomic E-state index is 4.38. The molecule has 0 saturated carbocycles. The smallest absolute Gasteiger partial charge is 0.224 e. The summed E-state index contributed by atoms with van der Waals surface area (Å²) >= 11 is 0.